The van der Waals surface area contributed by atoms with Gasteiger partial charge in [0.25, 0.3) is 0 Å². The van der Waals surface area contributed by atoms with Gasteiger partial charge in [0.2, 0.25) is 0 Å². The van der Waals surface area contributed by atoms with Crippen LogP contribution < -0.4 is 0 Å². The van der Waals surface area contributed by atoms with Gasteiger partial charge in [-0.05, 0) is 95.3 Å². The third-order valence-electron chi connectivity index (χ3n) is 12.1. The van der Waals surface area contributed by atoms with E-state index in [0.29, 0.717) is 17.0 Å². The molecule has 0 bridgehead atoms. The van der Waals surface area contributed by atoms with E-state index in [2.05, 4.69) is 251 Å². The van der Waals surface area contributed by atoms with E-state index < -0.39 is 15.1 Å². The van der Waals surface area contributed by atoms with Gasteiger partial charge in [-0.1, -0.05) is 333 Å². The molecule has 1 aliphatic carbocycles. The second-order valence-electron chi connectivity index (χ2n) is 19.5. The molecular formula is C67H115O7P13. The number of unbranched alkanes of at least 4 members (excludes halogenated alkanes) is 3. The normalized spacial score (nSPS) is 18.4. The van der Waals surface area contributed by atoms with Crippen molar-refractivity contribution in [3.8, 4) is 0 Å². The van der Waals surface area contributed by atoms with Gasteiger partial charge in [-0.3, -0.25) is 0 Å². The van der Waals surface area contributed by atoms with Crippen LogP contribution in [-0.2, 0) is 31.7 Å². The molecule has 20 unspecified atom stereocenters. The summed E-state index contributed by atoms with van der Waals surface area (Å²) in [5.41, 5.74) is 0. The maximum atomic E-state index is 6.09. The van der Waals surface area contributed by atoms with E-state index in [1.807, 2.05) is 91.1 Å². The molecule has 0 radical (unpaired) electrons. The Kier molecular flexibility index (Phi) is 73.1. The maximum Gasteiger partial charge on any atom is 0.107 e. The number of allylic oxidation sites excluding steroid dienone is 26. The van der Waals surface area contributed by atoms with Gasteiger partial charge in [-0.25, -0.2) is 0 Å². The minimum Gasteiger partial charge on any atom is -0.359 e. The highest BCUT2D eigenvalue weighted by atomic mass is 32.4. The monoisotopic (exact) mass is 1430 g/mol. The van der Waals surface area contributed by atoms with Crippen LogP contribution in [0.4, 0.5) is 0 Å². The summed E-state index contributed by atoms with van der Waals surface area (Å²) >= 11 is 0. The summed E-state index contributed by atoms with van der Waals surface area (Å²) in [6.45, 7) is 13.0. The Labute approximate surface area is 559 Å². The van der Waals surface area contributed by atoms with Crippen LogP contribution in [0.15, 0.2) is 219 Å². The standard InChI is InChI=1S/C23H35OP.2C22H40O3P6/c1-3-5-7-13-16-21-20-22(21)17-14-10-8-9-11-15-19-23(24-25)18-12-6-4-2;1-3-5-7-14-18-21(23-26)22(24-30-27)19-15-11-9-8-10-13-17-20(25-31(28)29)16-12-6-4-2;1-3-5-7-13-16-20(23-26)17-14-10-8-9-11-15-18-21(24-30-27)22(25-31(28)29)19-12-6-4-2/h6-15,17,19,21-23H,3-5,16,18,20,25H2,1-2H3;6-15,17,19-22,30H,3-5,16,18,26-29H2,1-2H3;6-15,17-18,20-22,30H,3-5,16,19,26-29H2,1-2H3/b10-8-,11-9-,12-6-,13-7-,17-14+,19-15+;10-8-,11-9-,12-6-,14-7-,17-13+,19-15+;10-8-,11-9-,12-6-,13-7-,17-14+,18-15+. The quantitative estimate of drug-likeness (QED) is 0.0342. The van der Waals surface area contributed by atoms with Gasteiger partial charge in [0.15, 0.2) is 0 Å². The van der Waals surface area contributed by atoms with Crippen LogP contribution >= 0.6 is 114 Å². The van der Waals surface area contributed by atoms with Crippen molar-refractivity contribution in [3.63, 3.8) is 0 Å². The molecule has 20 atom stereocenters. The van der Waals surface area contributed by atoms with Gasteiger partial charge in [0, 0.05) is 45.4 Å². The van der Waals surface area contributed by atoms with E-state index >= 15 is 0 Å². The second kappa shape index (κ2) is 70.9. The summed E-state index contributed by atoms with van der Waals surface area (Å²) in [4.78, 5) is 0. The molecule has 0 spiro atoms. The van der Waals surface area contributed by atoms with E-state index in [9.17, 15) is 0 Å². The Morgan fingerprint density at radius 2 is 0.747 bits per heavy atom. The SMILES string of the molecule is CC/C=C\CC(/C=C/C=C\C=C/C=C/C(OPP)C(C/C=C\CCC)OP)OP(P)P.CC/C=C\CC(/C=C/C=C\C=C/C=C/C1CC1C/C=C\CCC)OP.CC/C=C\CC(OP(P)P)C(/C=C/C=C\C=C/C=C/C(C/C=C\CCC)OP)OPP. The first kappa shape index (κ1) is 89.7. The first-order valence-electron chi connectivity index (χ1n) is 30.6. The first-order chi connectivity index (χ1) is 42.5. The molecule has 0 aliphatic heterocycles. The molecule has 0 heterocycles. The summed E-state index contributed by atoms with van der Waals surface area (Å²) < 4.78 is 40.1. The van der Waals surface area contributed by atoms with Gasteiger partial charge < -0.3 is 31.7 Å². The largest absolute Gasteiger partial charge is 0.359 e. The fourth-order valence-corrected chi connectivity index (χ4v) is 12.7. The molecule has 1 fully saturated rings. The van der Waals surface area contributed by atoms with Crippen LogP contribution in [0, 0.1) is 11.8 Å². The molecule has 0 aromatic heterocycles. The van der Waals surface area contributed by atoms with Crippen LogP contribution in [0.25, 0.3) is 0 Å². The molecule has 490 valence electrons. The highest BCUT2D eigenvalue weighted by molar-refractivity contribution is 8.41. The highest BCUT2D eigenvalue weighted by Crippen LogP contribution is 2.56. The van der Waals surface area contributed by atoms with E-state index in [4.69, 9.17) is 31.7 Å². The minimum atomic E-state index is -0.617. The van der Waals surface area contributed by atoms with Crippen LogP contribution in [0.3, 0.4) is 0 Å². The van der Waals surface area contributed by atoms with Crippen molar-refractivity contribution >= 4 is 114 Å². The average molecular weight is 1440 g/mol. The van der Waals surface area contributed by atoms with E-state index in [0.717, 1.165) is 82.5 Å². The van der Waals surface area contributed by atoms with Gasteiger partial charge >= 0.3 is 0 Å². The van der Waals surface area contributed by atoms with Gasteiger partial charge in [-0.2, -0.15) is 0 Å². The fourth-order valence-electron chi connectivity index (χ4n) is 7.41. The molecule has 0 aromatic rings. The van der Waals surface area contributed by atoms with E-state index in [1.165, 1.54) is 32.1 Å². The zero-order valence-electron chi connectivity index (χ0n) is 53.2. The number of hydrogen-bond donors (Lipinski definition) is 0. The Morgan fingerprint density at radius 1 is 0.391 bits per heavy atom. The Hall–Kier alpha value is 0.630. The maximum absolute atomic E-state index is 6.09. The van der Waals surface area contributed by atoms with Crippen molar-refractivity contribution in [1.82, 2.24) is 0 Å². The lowest BCUT2D eigenvalue weighted by atomic mass is 10.1. The summed E-state index contributed by atoms with van der Waals surface area (Å²) in [6, 6.07) is 0. The third kappa shape index (κ3) is 61.3. The Morgan fingerprint density at radius 3 is 1.16 bits per heavy atom. The van der Waals surface area contributed by atoms with Crippen molar-refractivity contribution in [2.75, 3.05) is 0 Å². The van der Waals surface area contributed by atoms with Crippen LogP contribution in [0.1, 0.15) is 144 Å². The van der Waals surface area contributed by atoms with Crippen molar-refractivity contribution < 1.29 is 31.7 Å². The minimum absolute atomic E-state index is 0.00434. The summed E-state index contributed by atoms with van der Waals surface area (Å²) in [6.07, 6.45) is 93.0. The van der Waals surface area contributed by atoms with Gasteiger partial charge in [-0.15, -0.1) is 0 Å². The zero-order chi connectivity index (χ0) is 64.5. The lowest BCUT2D eigenvalue weighted by Gasteiger charge is -2.25. The number of hydrogen-bond acceptors (Lipinski definition) is 7. The average Bonchev–Trinajstić information content (AvgIpc) is 3.66. The molecule has 0 amide bonds. The molecule has 1 aliphatic rings. The molecule has 87 heavy (non-hydrogen) atoms. The van der Waals surface area contributed by atoms with Crippen molar-refractivity contribution in [1.29, 1.82) is 0 Å². The topological polar surface area (TPSA) is 64.6 Å². The smallest absolute Gasteiger partial charge is 0.107 e. The third-order valence-corrected chi connectivity index (χ3v) is 17.3. The van der Waals surface area contributed by atoms with Gasteiger partial charge in [0.05, 0.1) is 45.6 Å². The van der Waals surface area contributed by atoms with Crippen LogP contribution in [-0.4, -0.2) is 42.7 Å². The van der Waals surface area contributed by atoms with Crippen LogP contribution in [0.2, 0.25) is 0 Å². The van der Waals surface area contributed by atoms with Crippen molar-refractivity contribution in [2.24, 2.45) is 11.8 Å². The molecule has 0 aromatic carbocycles. The highest BCUT2D eigenvalue weighted by Gasteiger charge is 2.33. The Bertz CT molecular complexity index is 2140. The number of rotatable bonds is 49. The van der Waals surface area contributed by atoms with Gasteiger partial charge in [0.1, 0.15) is 12.2 Å². The predicted molar refractivity (Wildman–Crippen MR) is 431 cm³/mol. The molecule has 0 N–H and O–H groups in total. The predicted octanol–water partition coefficient (Wildman–Crippen LogP) is 24.4. The molecule has 7 nitrogen and oxygen atoms in total. The zero-order valence-corrected chi connectivity index (χ0v) is 67.4. The van der Waals surface area contributed by atoms with Crippen LogP contribution in [0.5, 0.6) is 0 Å². The fraction of sp³-hybridized carbons (Fsp3) is 0.463. The van der Waals surface area contributed by atoms with Crippen molar-refractivity contribution in [2.45, 2.75) is 187 Å². The molecule has 1 saturated carbocycles. The molecular weight excluding hydrogens is 1320 g/mol. The Balaban J connectivity index is 0. The second-order valence-corrected chi connectivity index (χ2v) is 34.3. The van der Waals surface area contributed by atoms with E-state index in [-0.39, 0.29) is 42.7 Å². The lowest BCUT2D eigenvalue weighted by Crippen LogP contribution is -2.25. The molecule has 1 rings (SSSR count). The summed E-state index contributed by atoms with van der Waals surface area (Å²) in [7, 11) is 22.7. The van der Waals surface area contributed by atoms with E-state index in [1.54, 1.807) is 0 Å². The molecule has 20 heteroatoms. The molecule has 0 saturated heterocycles. The van der Waals surface area contributed by atoms with Crippen molar-refractivity contribution in [3.05, 3.63) is 219 Å². The summed E-state index contributed by atoms with van der Waals surface area (Å²) in [5, 5.41) is 0. The summed E-state index contributed by atoms with van der Waals surface area (Å²) in [5.74, 6) is 1.66. The lowest BCUT2D eigenvalue weighted by molar-refractivity contribution is 0.114. The first-order valence-corrected chi connectivity index (χ1v) is 46.5.